The molecule has 120 valence electrons. The Morgan fingerprint density at radius 1 is 1.19 bits per heavy atom. The van der Waals surface area contributed by atoms with Gasteiger partial charge in [-0.1, -0.05) is 6.42 Å². The number of carboxylic acids is 1. The van der Waals surface area contributed by atoms with Crippen molar-refractivity contribution in [2.75, 3.05) is 25.9 Å². The van der Waals surface area contributed by atoms with Crippen LogP contribution in [0.5, 0.6) is 0 Å². The fourth-order valence-corrected chi connectivity index (χ4v) is 3.21. The van der Waals surface area contributed by atoms with Gasteiger partial charge in [0.15, 0.2) is 0 Å². The second kappa shape index (κ2) is 7.36. The van der Waals surface area contributed by atoms with E-state index >= 15 is 0 Å². The molecule has 1 unspecified atom stereocenters. The Balaban J connectivity index is 2.53. The van der Waals surface area contributed by atoms with Gasteiger partial charge in [0.25, 0.3) is 0 Å². The Morgan fingerprint density at radius 2 is 1.86 bits per heavy atom. The summed E-state index contributed by atoms with van der Waals surface area (Å²) in [6.45, 7) is -0.643. The summed E-state index contributed by atoms with van der Waals surface area (Å²) in [5, 5.41) is 12.8. The van der Waals surface area contributed by atoms with Crippen molar-refractivity contribution >= 4 is 27.8 Å². The molecule has 2 amide bonds. The fourth-order valence-electron chi connectivity index (χ4n) is 2.09. The average Bonchev–Trinajstić information content (AvgIpc) is 2.41. The SMILES string of the molecule is CS(=O)(=O)N1CCCCC1C(=O)NCC(=O)NCC(=O)O. The monoisotopic (exact) mass is 321 g/mol. The van der Waals surface area contributed by atoms with Gasteiger partial charge < -0.3 is 15.7 Å². The number of hydrogen-bond acceptors (Lipinski definition) is 5. The largest absolute Gasteiger partial charge is 0.480 e. The summed E-state index contributed by atoms with van der Waals surface area (Å²) >= 11 is 0. The molecule has 1 saturated heterocycles. The molecule has 1 aliphatic rings. The first-order chi connectivity index (χ1) is 9.71. The maximum Gasteiger partial charge on any atom is 0.322 e. The molecule has 0 aromatic heterocycles. The third kappa shape index (κ3) is 5.68. The summed E-state index contributed by atoms with van der Waals surface area (Å²) in [6.07, 6.45) is 2.86. The van der Waals surface area contributed by atoms with E-state index in [1.807, 2.05) is 0 Å². The Hall–Kier alpha value is -1.68. The highest BCUT2D eigenvalue weighted by molar-refractivity contribution is 7.88. The summed E-state index contributed by atoms with van der Waals surface area (Å²) < 4.78 is 24.4. The highest BCUT2D eigenvalue weighted by atomic mass is 32.2. The third-order valence-corrected chi connectivity index (χ3v) is 4.33. The van der Waals surface area contributed by atoms with Crippen molar-refractivity contribution < 1.29 is 27.9 Å². The van der Waals surface area contributed by atoms with E-state index < -0.39 is 40.4 Å². The molecular formula is C11H19N3O6S. The summed E-state index contributed by atoms with van der Waals surface area (Å²) in [6, 6.07) is -0.818. The number of nitrogens with zero attached hydrogens (tertiary/aromatic N) is 1. The van der Waals surface area contributed by atoms with Crippen LogP contribution in [0.15, 0.2) is 0 Å². The lowest BCUT2D eigenvalue weighted by Crippen LogP contribution is -2.52. The first-order valence-electron chi connectivity index (χ1n) is 6.45. The van der Waals surface area contributed by atoms with Gasteiger partial charge in [0.1, 0.15) is 12.6 Å². The number of piperidine rings is 1. The minimum Gasteiger partial charge on any atom is -0.480 e. The van der Waals surface area contributed by atoms with E-state index in [1.54, 1.807) is 0 Å². The molecule has 1 fully saturated rings. The number of carbonyl (C=O) groups is 3. The van der Waals surface area contributed by atoms with Crippen molar-refractivity contribution in [3.63, 3.8) is 0 Å². The van der Waals surface area contributed by atoms with E-state index in [9.17, 15) is 22.8 Å². The molecule has 0 bridgehead atoms. The first kappa shape index (κ1) is 17.4. The van der Waals surface area contributed by atoms with Crippen molar-refractivity contribution in [3.8, 4) is 0 Å². The molecule has 0 aliphatic carbocycles. The molecular weight excluding hydrogens is 302 g/mol. The summed E-state index contributed by atoms with van der Waals surface area (Å²) in [7, 11) is -3.49. The fraction of sp³-hybridized carbons (Fsp3) is 0.727. The Morgan fingerprint density at radius 3 is 2.43 bits per heavy atom. The van der Waals surface area contributed by atoms with E-state index in [0.717, 1.165) is 17.0 Å². The maximum absolute atomic E-state index is 12.0. The van der Waals surface area contributed by atoms with Gasteiger partial charge in [0.05, 0.1) is 12.8 Å². The van der Waals surface area contributed by atoms with Gasteiger partial charge in [0.2, 0.25) is 21.8 Å². The molecule has 0 aromatic carbocycles. The van der Waals surface area contributed by atoms with Crippen molar-refractivity contribution in [2.45, 2.75) is 25.3 Å². The van der Waals surface area contributed by atoms with Crippen LogP contribution in [0.3, 0.4) is 0 Å². The van der Waals surface area contributed by atoms with Crippen molar-refractivity contribution in [3.05, 3.63) is 0 Å². The predicted molar refractivity (Wildman–Crippen MR) is 72.8 cm³/mol. The molecule has 1 atom stereocenters. The molecule has 1 rings (SSSR count). The molecule has 9 nitrogen and oxygen atoms in total. The second-order valence-corrected chi connectivity index (χ2v) is 6.71. The van der Waals surface area contributed by atoms with E-state index in [1.165, 1.54) is 0 Å². The molecule has 10 heteroatoms. The van der Waals surface area contributed by atoms with E-state index in [0.29, 0.717) is 12.8 Å². The summed E-state index contributed by atoms with van der Waals surface area (Å²) in [4.78, 5) is 33.5. The van der Waals surface area contributed by atoms with Gasteiger partial charge in [-0.05, 0) is 12.8 Å². The standard InChI is InChI=1S/C11H19N3O6S/c1-21(19,20)14-5-3-2-4-8(14)11(18)13-6-9(15)12-7-10(16)17/h8H,2-7H2,1H3,(H,12,15)(H,13,18)(H,16,17). The highest BCUT2D eigenvalue weighted by Crippen LogP contribution is 2.19. The smallest absolute Gasteiger partial charge is 0.322 e. The zero-order valence-electron chi connectivity index (χ0n) is 11.7. The normalized spacial score (nSPS) is 19.8. The van der Waals surface area contributed by atoms with Crippen LogP contribution >= 0.6 is 0 Å². The van der Waals surface area contributed by atoms with Crippen molar-refractivity contribution in [2.24, 2.45) is 0 Å². The number of carbonyl (C=O) groups excluding carboxylic acids is 2. The van der Waals surface area contributed by atoms with E-state index in [4.69, 9.17) is 5.11 Å². The van der Waals surface area contributed by atoms with Crippen molar-refractivity contribution in [1.29, 1.82) is 0 Å². The van der Waals surface area contributed by atoms with Gasteiger partial charge >= 0.3 is 5.97 Å². The first-order valence-corrected chi connectivity index (χ1v) is 8.29. The van der Waals surface area contributed by atoms with Crippen LogP contribution < -0.4 is 10.6 Å². The zero-order chi connectivity index (χ0) is 16.0. The lowest BCUT2D eigenvalue weighted by molar-refractivity contribution is -0.137. The molecule has 0 spiro atoms. The van der Waals surface area contributed by atoms with Gasteiger partial charge in [-0.15, -0.1) is 0 Å². The zero-order valence-corrected chi connectivity index (χ0v) is 12.5. The second-order valence-electron chi connectivity index (χ2n) is 4.77. The van der Waals surface area contributed by atoms with Crippen LogP contribution in [-0.2, 0) is 24.4 Å². The van der Waals surface area contributed by atoms with Crippen LogP contribution in [-0.4, -0.2) is 67.5 Å². The number of carboxylic acid groups (broad SMARTS) is 1. The van der Waals surface area contributed by atoms with Crippen molar-refractivity contribution in [1.82, 2.24) is 14.9 Å². The highest BCUT2D eigenvalue weighted by Gasteiger charge is 2.34. The molecule has 0 aromatic rings. The number of aliphatic carboxylic acids is 1. The number of rotatable bonds is 6. The van der Waals surface area contributed by atoms with E-state index in [-0.39, 0.29) is 13.1 Å². The van der Waals surface area contributed by atoms with Gasteiger partial charge in [-0.3, -0.25) is 14.4 Å². The number of hydrogen-bond donors (Lipinski definition) is 3. The number of nitrogens with one attached hydrogen (secondary N) is 2. The van der Waals surface area contributed by atoms with Crippen LogP contribution in [0.4, 0.5) is 0 Å². The average molecular weight is 321 g/mol. The molecule has 1 aliphatic heterocycles. The van der Waals surface area contributed by atoms with Crippen LogP contribution in [0.2, 0.25) is 0 Å². The minimum atomic E-state index is -3.49. The van der Waals surface area contributed by atoms with Crippen LogP contribution in [0.1, 0.15) is 19.3 Å². The number of sulfonamides is 1. The Kier molecular flexibility index (Phi) is 6.09. The lowest BCUT2D eigenvalue weighted by atomic mass is 10.0. The maximum atomic E-state index is 12.0. The van der Waals surface area contributed by atoms with E-state index in [2.05, 4.69) is 10.6 Å². The summed E-state index contributed by atoms with van der Waals surface area (Å²) in [5.74, 6) is -2.39. The molecule has 1 heterocycles. The van der Waals surface area contributed by atoms with Gasteiger partial charge in [0, 0.05) is 6.54 Å². The summed E-state index contributed by atoms with van der Waals surface area (Å²) in [5.41, 5.74) is 0. The molecule has 21 heavy (non-hydrogen) atoms. The third-order valence-electron chi connectivity index (χ3n) is 3.04. The Labute approximate surface area is 122 Å². The quantitative estimate of drug-likeness (QED) is 0.524. The number of amides is 2. The van der Waals surface area contributed by atoms with Crippen LogP contribution in [0, 0.1) is 0 Å². The van der Waals surface area contributed by atoms with Crippen LogP contribution in [0.25, 0.3) is 0 Å². The van der Waals surface area contributed by atoms with Gasteiger partial charge in [-0.2, -0.15) is 4.31 Å². The minimum absolute atomic E-state index is 0.280. The molecule has 0 saturated carbocycles. The molecule has 3 N–H and O–H groups in total. The topological polar surface area (TPSA) is 133 Å². The lowest BCUT2D eigenvalue weighted by Gasteiger charge is -2.32. The van der Waals surface area contributed by atoms with Gasteiger partial charge in [-0.25, -0.2) is 8.42 Å². The predicted octanol–water partition coefficient (Wildman–Crippen LogP) is -1.88. The molecule has 0 radical (unpaired) electrons. The Bertz CT molecular complexity index is 518.